The van der Waals surface area contributed by atoms with Gasteiger partial charge in [0.15, 0.2) is 0 Å². The molecule has 0 saturated heterocycles. The first-order valence-electron chi connectivity index (χ1n) is 9.11. The second kappa shape index (κ2) is 8.00. The maximum atomic E-state index is 5.34. The fourth-order valence-corrected chi connectivity index (χ4v) is 3.21. The van der Waals surface area contributed by atoms with Crippen molar-refractivity contribution in [2.24, 2.45) is 0 Å². The van der Waals surface area contributed by atoms with Crippen molar-refractivity contribution in [1.29, 1.82) is 0 Å². The van der Waals surface area contributed by atoms with E-state index in [1.807, 2.05) is 48.7 Å². The molecular weight excluding hydrogens is 352 g/mol. The van der Waals surface area contributed by atoms with Crippen LogP contribution < -0.4 is 14.8 Å². The highest BCUT2D eigenvalue weighted by molar-refractivity contribution is 5.84. The zero-order chi connectivity index (χ0) is 19.3. The molecule has 2 aromatic heterocycles. The zero-order valence-corrected chi connectivity index (χ0v) is 15.9. The monoisotopic (exact) mass is 374 g/mol. The molecule has 0 spiro atoms. The molecule has 2 N–H and O–H groups in total. The number of ether oxygens (including phenoxy) is 2. The highest BCUT2D eigenvalue weighted by Crippen LogP contribution is 2.25. The second-order valence-electron chi connectivity index (χ2n) is 6.42. The Kier molecular flexibility index (Phi) is 5.10. The first kappa shape index (κ1) is 17.9. The number of benzene rings is 2. The van der Waals surface area contributed by atoms with Crippen molar-refractivity contribution >= 4 is 16.7 Å². The molecule has 0 atom stereocenters. The molecule has 0 saturated carbocycles. The molecule has 0 unspecified atom stereocenters. The smallest absolute Gasteiger partial charge is 0.129 e. The van der Waals surface area contributed by atoms with Gasteiger partial charge in [0.25, 0.3) is 0 Å². The number of aromatic nitrogens is 3. The van der Waals surface area contributed by atoms with Gasteiger partial charge in [-0.25, -0.2) is 9.97 Å². The van der Waals surface area contributed by atoms with Crippen LogP contribution in [0.25, 0.3) is 22.2 Å². The van der Waals surface area contributed by atoms with Crippen molar-refractivity contribution in [2.75, 3.05) is 26.1 Å². The quantitative estimate of drug-likeness (QED) is 0.505. The summed E-state index contributed by atoms with van der Waals surface area (Å²) in [4.78, 5) is 12.0. The predicted octanol–water partition coefficient (Wildman–Crippen LogP) is 4.30. The van der Waals surface area contributed by atoms with Crippen LogP contribution in [0.1, 0.15) is 5.56 Å². The number of rotatable bonds is 7. The Labute approximate surface area is 163 Å². The molecule has 0 aliphatic carbocycles. The molecule has 0 amide bonds. The number of hydrogen-bond acceptors (Lipinski definition) is 5. The Morgan fingerprint density at radius 2 is 1.82 bits per heavy atom. The van der Waals surface area contributed by atoms with Crippen LogP contribution in [0.4, 0.5) is 5.82 Å². The van der Waals surface area contributed by atoms with Gasteiger partial charge in [-0.05, 0) is 42.3 Å². The van der Waals surface area contributed by atoms with Gasteiger partial charge in [-0.1, -0.05) is 12.1 Å². The molecule has 2 aromatic carbocycles. The first-order valence-corrected chi connectivity index (χ1v) is 9.11. The molecule has 142 valence electrons. The fraction of sp³-hybridized carbons (Fsp3) is 0.182. The van der Waals surface area contributed by atoms with E-state index in [0.29, 0.717) is 0 Å². The van der Waals surface area contributed by atoms with E-state index in [4.69, 9.17) is 9.47 Å². The van der Waals surface area contributed by atoms with E-state index in [9.17, 15) is 0 Å². The topological polar surface area (TPSA) is 72.1 Å². The van der Waals surface area contributed by atoms with Crippen LogP contribution in [0.2, 0.25) is 0 Å². The third-order valence-corrected chi connectivity index (χ3v) is 4.71. The second-order valence-corrected chi connectivity index (χ2v) is 6.42. The van der Waals surface area contributed by atoms with Crippen molar-refractivity contribution < 1.29 is 9.47 Å². The molecule has 6 heteroatoms. The van der Waals surface area contributed by atoms with Gasteiger partial charge in [0, 0.05) is 35.3 Å². The minimum absolute atomic E-state index is 0.763. The number of hydrogen-bond donors (Lipinski definition) is 2. The van der Waals surface area contributed by atoms with Crippen molar-refractivity contribution in [2.45, 2.75) is 6.42 Å². The van der Waals surface area contributed by atoms with E-state index in [1.165, 1.54) is 10.9 Å². The van der Waals surface area contributed by atoms with E-state index in [1.54, 1.807) is 20.5 Å². The van der Waals surface area contributed by atoms with Gasteiger partial charge in [0.1, 0.15) is 23.6 Å². The van der Waals surface area contributed by atoms with Gasteiger partial charge in [-0.2, -0.15) is 0 Å². The molecule has 4 rings (SSSR count). The third kappa shape index (κ3) is 3.76. The number of anilines is 1. The van der Waals surface area contributed by atoms with Crippen molar-refractivity contribution in [1.82, 2.24) is 15.0 Å². The molecular formula is C22H22N4O2. The third-order valence-electron chi connectivity index (χ3n) is 4.71. The lowest BCUT2D eigenvalue weighted by Gasteiger charge is -2.08. The Bertz CT molecular complexity index is 1090. The minimum Gasteiger partial charge on any atom is -0.497 e. The molecule has 28 heavy (non-hydrogen) atoms. The maximum absolute atomic E-state index is 5.34. The lowest BCUT2D eigenvalue weighted by atomic mass is 10.1. The Morgan fingerprint density at radius 1 is 0.964 bits per heavy atom. The van der Waals surface area contributed by atoms with Crippen LogP contribution in [0, 0.1) is 0 Å². The Balaban J connectivity index is 1.46. The van der Waals surface area contributed by atoms with Crippen LogP contribution in [-0.2, 0) is 6.42 Å². The number of nitrogens with one attached hydrogen (secondary N) is 2. The number of methoxy groups -OCH3 is 2. The molecule has 0 bridgehead atoms. The van der Waals surface area contributed by atoms with Gasteiger partial charge in [-0.3, -0.25) is 0 Å². The molecule has 0 radical (unpaired) electrons. The Morgan fingerprint density at radius 3 is 2.68 bits per heavy atom. The van der Waals surface area contributed by atoms with E-state index in [0.717, 1.165) is 47.1 Å². The van der Waals surface area contributed by atoms with Crippen LogP contribution >= 0.6 is 0 Å². The summed E-state index contributed by atoms with van der Waals surface area (Å²) in [5.74, 6) is 2.46. The summed E-state index contributed by atoms with van der Waals surface area (Å²) < 4.78 is 10.6. The van der Waals surface area contributed by atoms with Crippen molar-refractivity contribution in [3.63, 3.8) is 0 Å². The molecule has 2 heterocycles. The van der Waals surface area contributed by atoms with E-state index < -0.39 is 0 Å². The lowest BCUT2D eigenvalue weighted by Crippen LogP contribution is -2.06. The summed E-state index contributed by atoms with van der Waals surface area (Å²) in [5.41, 5.74) is 4.20. The Hall–Kier alpha value is -3.54. The van der Waals surface area contributed by atoms with E-state index in [-0.39, 0.29) is 0 Å². The fourth-order valence-electron chi connectivity index (χ4n) is 3.21. The summed E-state index contributed by atoms with van der Waals surface area (Å²) >= 11 is 0. The predicted molar refractivity (Wildman–Crippen MR) is 111 cm³/mol. The summed E-state index contributed by atoms with van der Waals surface area (Å²) in [6, 6.07) is 15.9. The summed E-state index contributed by atoms with van der Waals surface area (Å²) in [5, 5.41) is 4.57. The standard InChI is InChI=1S/C22H22N4O2/c1-27-17-5-3-4-15(10-17)21-12-22(26-14-25-21)23-9-8-16-13-24-20-7-6-18(28-2)11-19(16)20/h3-7,10-14,24H,8-9H2,1-2H3,(H,23,25,26). The maximum Gasteiger partial charge on any atom is 0.129 e. The van der Waals surface area contributed by atoms with E-state index >= 15 is 0 Å². The van der Waals surface area contributed by atoms with Gasteiger partial charge < -0.3 is 19.8 Å². The van der Waals surface area contributed by atoms with Gasteiger partial charge in [-0.15, -0.1) is 0 Å². The average Bonchev–Trinajstić information content (AvgIpc) is 3.16. The average molecular weight is 374 g/mol. The molecule has 4 aromatic rings. The highest BCUT2D eigenvalue weighted by atomic mass is 16.5. The number of H-pyrrole nitrogens is 1. The van der Waals surface area contributed by atoms with Crippen LogP contribution in [-0.4, -0.2) is 35.7 Å². The number of fused-ring (bicyclic) bond motifs is 1. The van der Waals surface area contributed by atoms with Gasteiger partial charge >= 0.3 is 0 Å². The largest absolute Gasteiger partial charge is 0.497 e. The molecule has 0 aliphatic rings. The first-order chi connectivity index (χ1) is 13.8. The summed E-state index contributed by atoms with van der Waals surface area (Å²) in [6.45, 7) is 0.763. The minimum atomic E-state index is 0.763. The molecule has 0 fully saturated rings. The van der Waals surface area contributed by atoms with Crippen LogP contribution in [0.5, 0.6) is 11.5 Å². The van der Waals surface area contributed by atoms with Crippen LogP contribution in [0.3, 0.4) is 0 Å². The number of aromatic amines is 1. The highest BCUT2D eigenvalue weighted by Gasteiger charge is 2.07. The van der Waals surface area contributed by atoms with Gasteiger partial charge in [0.2, 0.25) is 0 Å². The number of nitrogens with zero attached hydrogens (tertiary/aromatic N) is 2. The molecule has 6 nitrogen and oxygen atoms in total. The molecule has 0 aliphatic heterocycles. The zero-order valence-electron chi connectivity index (χ0n) is 15.9. The van der Waals surface area contributed by atoms with Crippen LogP contribution in [0.15, 0.2) is 61.1 Å². The normalized spacial score (nSPS) is 10.8. The van der Waals surface area contributed by atoms with E-state index in [2.05, 4.69) is 26.3 Å². The van der Waals surface area contributed by atoms with Crippen molar-refractivity contribution in [3.05, 3.63) is 66.6 Å². The SMILES string of the molecule is COc1cccc(-c2cc(NCCc3c[nH]c4ccc(OC)cc34)ncn2)c1. The van der Waals surface area contributed by atoms with Crippen molar-refractivity contribution in [3.8, 4) is 22.8 Å². The lowest BCUT2D eigenvalue weighted by molar-refractivity contribution is 0.415. The summed E-state index contributed by atoms with van der Waals surface area (Å²) in [7, 11) is 3.34. The van der Waals surface area contributed by atoms with Gasteiger partial charge in [0.05, 0.1) is 19.9 Å². The summed E-state index contributed by atoms with van der Waals surface area (Å²) in [6.07, 6.45) is 4.49.